The van der Waals surface area contributed by atoms with Gasteiger partial charge in [0.1, 0.15) is 29.7 Å². The molecule has 1 heterocycles. The van der Waals surface area contributed by atoms with E-state index in [0.717, 1.165) is 30.2 Å². The van der Waals surface area contributed by atoms with Gasteiger partial charge in [0, 0.05) is 38.8 Å². The Balaban J connectivity index is 1.43. The summed E-state index contributed by atoms with van der Waals surface area (Å²) in [4.78, 5) is 16.2. The van der Waals surface area contributed by atoms with Crippen LogP contribution in [-0.4, -0.2) is 62.1 Å². The molecule has 144 valence electrons. The Morgan fingerprint density at radius 1 is 1.00 bits per heavy atom. The minimum Gasteiger partial charge on any atom is -0.497 e. The van der Waals surface area contributed by atoms with Gasteiger partial charge in [0.15, 0.2) is 0 Å². The van der Waals surface area contributed by atoms with Crippen molar-refractivity contribution in [2.45, 2.75) is 0 Å². The smallest absolute Gasteiger partial charge is 0.256 e. The van der Waals surface area contributed by atoms with Crippen molar-refractivity contribution in [1.29, 1.82) is 0 Å². The highest BCUT2D eigenvalue weighted by Gasteiger charge is 2.24. The van der Waals surface area contributed by atoms with Gasteiger partial charge in [-0.05, 0) is 36.4 Å². The highest BCUT2D eigenvalue weighted by atomic mass is 19.1. The second-order valence-electron chi connectivity index (χ2n) is 6.28. The molecule has 27 heavy (non-hydrogen) atoms. The number of nitrogens with zero attached hydrogens (tertiary/aromatic N) is 2. The lowest BCUT2D eigenvalue weighted by molar-refractivity contribution is 0.0616. The van der Waals surface area contributed by atoms with Crippen LogP contribution in [0.1, 0.15) is 10.4 Å². The maximum Gasteiger partial charge on any atom is 0.256 e. The molecule has 2 aromatic carbocycles. The summed E-state index contributed by atoms with van der Waals surface area (Å²) in [5.74, 6) is -0.361. The van der Waals surface area contributed by atoms with Crippen molar-refractivity contribution >= 4 is 5.91 Å². The van der Waals surface area contributed by atoms with E-state index in [1.165, 1.54) is 6.07 Å². The summed E-state index contributed by atoms with van der Waals surface area (Å²) in [5.41, 5.74) is -0.0901. The topological polar surface area (TPSA) is 42.0 Å². The molecule has 0 aromatic heterocycles. The number of amides is 1. The summed E-state index contributed by atoms with van der Waals surface area (Å²) in [6, 6.07) is 10.4. The molecule has 2 aromatic rings. The summed E-state index contributed by atoms with van der Waals surface area (Å²) >= 11 is 0. The van der Waals surface area contributed by atoms with Crippen LogP contribution in [0.15, 0.2) is 42.5 Å². The van der Waals surface area contributed by atoms with Gasteiger partial charge in [-0.25, -0.2) is 8.78 Å². The van der Waals surface area contributed by atoms with Crippen molar-refractivity contribution in [2.75, 3.05) is 46.4 Å². The zero-order valence-electron chi connectivity index (χ0n) is 15.2. The van der Waals surface area contributed by atoms with E-state index in [4.69, 9.17) is 9.47 Å². The minimum absolute atomic E-state index is 0.0901. The van der Waals surface area contributed by atoms with Gasteiger partial charge >= 0.3 is 0 Å². The van der Waals surface area contributed by atoms with Crippen molar-refractivity contribution in [3.8, 4) is 11.5 Å². The third-order valence-corrected chi connectivity index (χ3v) is 4.56. The van der Waals surface area contributed by atoms with E-state index in [1.54, 1.807) is 12.0 Å². The Bertz CT molecular complexity index is 775. The van der Waals surface area contributed by atoms with Crippen molar-refractivity contribution in [3.63, 3.8) is 0 Å². The van der Waals surface area contributed by atoms with Crippen LogP contribution in [0.5, 0.6) is 11.5 Å². The predicted octanol–water partition coefficient (Wildman–Crippen LogP) is 2.81. The molecule has 0 unspecified atom stereocenters. The van der Waals surface area contributed by atoms with E-state index in [2.05, 4.69) is 4.90 Å². The molecule has 0 atom stereocenters. The van der Waals surface area contributed by atoms with Gasteiger partial charge in [0.05, 0.1) is 12.7 Å². The normalized spacial score (nSPS) is 14.9. The highest BCUT2D eigenvalue weighted by Crippen LogP contribution is 2.17. The van der Waals surface area contributed by atoms with Crippen molar-refractivity contribution in [1.82, 2.24) is 9.80 Å². The Hall–Kier alpha value is -2.67. The van der Waals surface area contributed by atoms with Gasteiger partial charge < -0.3 is 14.4 Å². The molecule has 1 aliphatic heterocycles. The molecule has 0 N–H and O–H groups in total. The average Bonchev–Trinajstić information content (AvgIpc) is 2.68. The van der Waals surface area contributed by atoms with Gasteiger partial charge in [-0.3, -0.25) is 9.69 Å². The van der Waals surface area contributed by atoms with Crippen molar-refractivity contribution < 1.29 is 23.0 Å². The summed E-state index contributed by atoms with van der Waals surface area (Å²) in [6.07, 6.45) is 0. The van der Waals surface area contributed by atoms with Crippen LogP contribution in [0.3, 0.4) is 0 Å². The number of carbonyl (C=O) groups is 1. The van der Waals surface area contributed by atoms with Crippen LogP contribution in [0.2, 0.25) is 0 Å². The molecular formula is C20H22F2N2O3. The molecular weight excluding hydrogens is 354 g/mol. The number of rotatable bonds is 6. The Morgan fingerprint density at radius 3 is 2.30 bits per heavy atom. The zero-order chi connectivity index (χ0) is 19.2. The van der Waals surface area contributed by atoms with E-state index in [9.17, 15) is 13.6 Å². The molecule has 0 saturated carbocycles. The van der Waals surface area contributed by atoms with Crippen LogP contribution in [0.4, 0.5) is 8.78 Å². The Morgan fingerprint density at radius 2 is 1.67 bits per heavy atom. The maximum absolute atomic E-state index is 13.8. The zero-order valence-corrected chi connectivity index (χ0v) is 15.2. The second-order valence-corrected chi connectivity index (χ2v) is 6.28. The molecule has 0 bridgehead atoms. The number of piperazine rings is 1. The van der Waals surface area contributed by atoms with E-state index in [-0.39, 0.29) is 5.56 Å². The van der Waals surface area contributed by atoms with Crippen LogP contribution in [0.25, 0.3) is 0 Å². The molecule has 3 rings (SSSR count). The minimum atomic E-state index is -0.824. The molecule has 1 fully saturated rings. The number of methoxy groups -OCH3 is 1. The summed E-state index contributed by atoms with van der Waals surface area (Å²) in [6.45, 7) is 3.63. The van der Waals surface area contributed by atoms with Crippen LogP contribution < -0.4 is 9.47 Å². The molecule has 0 aliphatic carbocycles. The van der Waals surface area contributed by atoms with Gasteiger partial charge in [-0.1, -0.05) is 0 Å². The Kier molecular flexibility index (Phi) is 6.24. The molecule has 1 amide bonds. The highest BCUT2D eigenvalue weighted by molar-refractivity contribution is 5.94. The number of halogens is 2. The van der Waals surface area contributed by atoms with Crippen molar-refractivity contribution in [3.05, 3.63) is 59.7 Å². The van der Waals surface area contributed by atoms with E-state index in [1.807, 2.05) is 24.3 Å². The average molecular weight is 376 g/mol. The van der Waals surface area contributed by atoms with E-state index < -0.39 is 17.5 Å². The van der Waals surface area contributed by atoms with Crippen molar-refractivity contribution in [2.24, 2.45) is 0 Å². The number of benzene rings is 2. The van der Waals surface area contributed by atoms with Gasteiger partial charge in [0.25, 0.3) is 5.91 Å². The second kappa shape index (κ2) is 8.81. The quantitative estimate of drug-likeness (QED) is 0.778. The number of ether oxygens (including phenoxy) is 2. The first-order chi connectivity index (χ1) is 13.1. The first-order valence-electron chi connectivity index (χ1n) is 8.80. The molecule has 1 saturated heterocycles. The maximum atomic E-state index is 13.8. The summed E-state index contributed by atoms with van der Waals surface area (Å²) < 4.78 is 37.6. The lowest BCUT2D eigenvalue weighted by atomic mass is 10.1. The van der Waals surface area contributed by atoms with Crippen LogP contribution in [0, 0.1) is 11.6 Å². The fraction of sp³-hybridized carbons (Fsp3) is 0.350. The monoisotopic (exact) mass is 376 g/mol. The van der Waals surface area contributed by atoms with Gasteiger partial charge in [-0.15, -0.1) is 0 Å². The van der Waals surface area contributed by atoms with Gasteiger partial charge in [-0.2, -0.15) is 0 Å². The molecule has 7 heteroatoms. The predicted molar refractivity (Wildman–Crippen MR) is 97.2 cm³/mol. The summed E-state index contributed by atoms with van der Waals surface area (Å²) in [7, 11) is 1.62. The lowest BCUT2D eigenvalue weighted by Gasteiger charge is -2.34. The molecule has 1 aliphatic rings. The fourth-order valence-corrected chi connectivity index (χ4v) is 2.97. The SMILES string of the molecule is COc1ccc(OCCN2CCN(C(=O)c3ccc(F)cc3F)CC2)cc1. The molecule has 5 nitrogen and oxygen atoms in total. The fourth-order valence-electron chi connectivity index (χ4n) is 2.97. The van der Waals surface area contributed by atoms with E-state index >= 15 is 0 Å². The van der Waals surface area contributed by atoms with Crippen LogP contribution >= 0.6 is 0 Å². The summed E-state index contributed by atoms with van der Waals surface area (Å²) in [5, 5.41) is 0. The molecule has 0 radical (unpaired) electrons. The number of carbonyl (C=O) groups excluding carboxylic acids is 1. The Labute approximate surface area is 157 Å². The standard InChI is InChI=1S/C20H22F2N2O3/c1-26-16-3-5-17(6-4-16)27-13-12-23-8-10-24(11-9-23)20(25)18-7-2-15(21)14-19(18)22/h2-7,14H,8-13H2,1H3. The largest absolute Gasteiger partial charge is 0.497 e. The first kappa shape index (κ1) is 19.1. The lowest BCUT2D eigenvalue weighted by Crippen LogP contribution is -2.49. The first-order valence-corrected chi connectivity index (χ1v) is 8.80. The van der Waals surface area contributed by atoms with Crippen LogP contribution in [-0.2, 0) is 0 Å². The third-order valence-electron chi connectivity index (χ3n) is 4.56. The number of hydrogen-bond acceptors (Lipinski definition) is 4. The molecule has 0 spiro atoms. The third kappa shape index (κ3) is 4.95. The van der Waals surface area contributed by atoms with Gasteiger partial charge in [0.2, 0.25) is 0 Å². The number of hydrogen-bond donors (Lipinski definition) is 0. The van der Waals surface area contributed by atoms with E-state index in [0.29, 0.717) is 32.8 Å².